The van der Waals surface area contributed by atoms with Crippen LogP contribution < -0.4 is 9.46 Å². The maximum Gasteiger partial charge on any atom is 0.227 e. The van der Waals surface area contributed by atoms with Gasteiger partial charge in [0.1, 0.15) is 5.75 Å². The van der Waals surface area contributed by atoms with Crippen LogP contribution in [-0.2, 0) is 26.0 Å². The summed E-state index contributed by atoms with van der Waals surface area (Å²) in [6.07, 6.45) is 1.47. The number of fused-ring (bicyclic) bond motifs is 1. The fraction of sp³-hybridized carbons (Fsp3) is 0.588. The fourth-order valence-electron chi connectivity index (χ4n) is 3.54. The zero-order valence-corrected chi connectivity index (χ0v) is 15.3. The number of methoxy groups -OCH3 is 1. The van der Waals surface area contributed by atoms with Crippen molar-refractivity contribution in [2.24, 2.45) is 11.8 Å². The third kappa shape index (κ3) is 4.50. The molecule has 0 unspecified atom stereocenters. The Morgan fingerprint density at radius 1 is 1.40 bits per heavy atom. The van der Waals surface area contributed by atoms with Crippen molar-refractivity contribution >= 4 is 15.9 Å². The fourth-order valence-corrected chi connectivity index (χ4v) is 4.06. The number of benzene rings is 1. The van der Waals surface area contributed by atoms with Gasteiger partial charge in [-0.3, -0.25) is 4.79 Å². The van der Waals surface area contributed by atoms with Crippen LogP contribution in [0.25, 0.3) is 0 Å². The third-order valence-electron chi connectivity index (χ3n) is 4.89. The van der Waals surface area contributed by atoms with E-state index in [1.54, 1.807) is 7.11 Å². The van der Waals surface area contributed by atoms with Crippen molar-refractivity contribution in [1.82, 2.24) is 9.62 Å². The molecule has 1 aromatic carbocycles. The van der Waals surface area contributed by atoms with Crippen molar-refractivity contribution in [2.75, 3.05) is 39.6 Å². The lowest BCUT2D eigenvalue weighted by Gasteiger charge is -2.20. The topological polar surface area (TPSA) is 84.9 Å². The van der Waals surface area contributed by atoms with Gasteiger partial charge in [0.2, 0.25) is 15.9 Å². The van der Waals surface area contributed by atoms with Crippen molar-refractivity contribution in [2.45, 2.75) is 12.5 Å². The molecule has 0 aliphatic carbocycles. The first-order chi connectivity index (χ1) is 11.9. The summed E-state index contributed by atoms with van der Waals surface area (Å²) in [6.45, 7) is 2.08. The summed E-state index contributed by atoms with van der Waals surface area (Å²) in [5.74, 6) is 1.08. The van der Waals surface area contributed by atoms with E-state index in [1.165, 1.54) is 0 Å². The lowest BCUT2D eigenvalue weighted by Crippen LogP contribution is -2.35. The summed E-state index contributed by atoms with van der Waals surface area (Å²) in [4.78, 5) is 14.4. The Bertz CT molecular complexity index is 736. The van der Waals surface area contributed by atoms with Crippen molar-refractivity contribution in [3.05, 3.63) is 29.8 Å². The molecule has 3 atom stereocenters. The van der Waals surface area contributed by atoms with Crippen molar-refractivity contribution < 1.29 is 22.7 Å². The smallest absolute Gasteiger partial charge is 0.227 e. The third-order valence-corrected chi connectivity index (χ3v) is 5.58. The Hall–Kier alpha value is -1.64. The number of likely N-dealkylation sites (tertiary alicyclic amines) is 1. The van der Waals surface area contributed by atoms with Gasteiger partial charge in [-0.2, -0.15) is 0 Å². The molecule has 8 heteroatoms. The van der Waals surface area contributed by atoms with Gasteiger partial charge in [-0.25, -0.2) is 13.1 Å². The first-order valence-electron chi connectivity index (χ1n) is 8.32. The van der Waals surface area contributed by atoms with E-state index in [1.807, 2.05) is 29.2 Å². The number of hydrogen-bond acceptors (Lipinski definition) is 5. The zero-order chi connectivity index (χ0) is 18.0. The van der Waals surface area contributed by atoms with Crippen LogP contribution in [0.1, 0.15) is 5.56 Å². The largest absolute Gasteiger partial charge is 0.497 e. The first-order valence-corrected chi connectivity index (χ1v) is 10.2. The summed E-state index contributed by atoms with van der Waals surface area (Å²) in [5.41, 5.74) is 0.914. The van der Waals surface area contributed by atoms with Crippen LogP contribution in [0, 0.1) is 11.8 Å². The van der Waals surface area contributed by atoms with E-state index in [4.69, 9.17) is 9.47 Å². The Labute approximate surface area is 148 Å². The Morgan fingerprint density at radius 3 is 2.92 bits per heavy atom. The average molecular weight is 368 g/mol. The van der Waals surface area contributed by atoms with E-state index >= 15 is 0 Å². The molecule has 138 valence electrons. The van der Waals surface area contributed by atoms with Crippen LogP contribution in [0.15, 0.2) is 24.3 Å². The van der Waals surface area contributed by atoms with Crippen LogP contribution >= 0.6 is 0 Å². The van der Waals surface area contributed by atoms with E-state index in [9.17, 15) is 13.2 Å². The van der Waals surface area contributed by atoms with Gasteiger partial charge in [-0.1, -0.05) is 12.1 Å². The molecule has 2 saturated heterocycles. The molecule has 2 fully saturated rings. The molecule has 2 aliphatic rings. The number of nitrogens with zero attached hydrogens (tertiary/aromatic N) is 1. The lowest BCUT2D eigenvalue weighted by molar-refractivity contribution is -0.130. The second-order valence-electron chi connectivity index (χ2n) is 6.74. The molecule has 0 spiro atoms. The molecule has 1 aromatic rings. The molecule has 1 amide bonds. The van der Waals surface area contributed by atoms with Crippen molar-refractivity contribution in [3.8, 4) is 5.75 Å². The molecule has 7 nitrogen and oxygen atoms in total. The molecule has 1 N–H and O–H groups in total. The highest BCUT2D eigenvalue weighted by Crippen LogP contribution is 2.33. The molecule has 0 saturated carbocycles. The molecule has 2 heterocycles. The van der Waals surface area contributed by atoms with Crippen LogP contribution in [0.4, 0.5) is 0 Å². The van der Waals surface area contributed by atoms with E-state index in [2.05, 4.69) is 4.72 Å². The van der Waals surface area contributed by atoms with Gasteiger partial charge < -0.3 is 14.4 Å². The number of nitrogens with one attached hydrogen (secondary N) is 1. The number of sulfonamides is 1. The highest BCUT2D eigenvalue weighted by atomic mass is 32.2. The first kappa shape index (κ1) is 18.2. The predicted octanol–water partition coefficient (Wildman–Crippen LogP) is 0.260. The molecule has 0 aromatic heterocycles. The summed E-state index contributed by atoms with van der Waals surface area (Å²) in [7, 11) is -1.61. The number of hydrogen-bond donors (Lipinski definition) is 1. The van der Waals surface area contributed by atoms with Gasteiger partial charge >= 0.3 is 0 Å². The molecular weight excluding hydrogens is 344 g/mol. The highest BCUT2D eigenvalue weighted by Gasteiger charge is 2.45. The van der Waals surface area contributed by atoms with Crippen LogP contribution in [0.2, 0.25) is 0 Å². The van der Waals surface area contributed by atoms with Crippen molar-refractivity contribution in [3.63, 3.8) is 0 Å². The maximum atomic E-state index is 12.6. The van der Waals surface area contributed by atoms with Gasteiger partial charge in [0.25, 0.3) is 0 Å². The second-order valence-corrected chi connectivity index (χ2v) is 8.58. The summed E-state index contributed by atoms with van der Waals surface area (Å²) >= 11 is 0. The minimum Gasteiger partial charge on any atom is -0.497 e. The molecule has 0 bridgehead atoms. The van der Waals surface area contributed by atoms with Crippen LogP contribution in [0.3, 0.4) is 0 Å². The minimum atomic E-state index is -3.22. The Kier molecular flexibility index (Phi) is 5.31. The normalized spacial score (nSPS) is 25.8. The Balaban J connectivity index is 1.57. The summed E-state index contributed by atoms with van der Waals surface area (Å²) in [6, 6.07) is 7.49. The number of carbonyl (C=O) groups is 1. The Morgan fingerprint density at radius 2 is 2.20 bits per heavy atom. The zero-order valence-electron chi connectivity index (χ0n) is 14.5. The highest BCUT2D eigenvalue weighted by molar-refractivity contribution is 7.88. The van der Waals surface area contributed by atoms with Gasteiger partial charge in [-0.15, -0.1) is 0 Å². The maximum absolute atomic E-state index is 12.6. The van der Waals surface area contributed by atoms with Gasteiger partial charge in [0, 0.05) is 31.5 Å². The predicted molar refractivity (Wildman–Crippen MR) is 92.8 cm³/mol. The lowest BCUT2D eigenvalue weighted by atomic mass is 9.93. The van der Waals surface area contributed by atoms with E-state index in [0.29, 0.717) is 32.7 Å². The SMILES string of the molecule is COc1cccc(CC(=O)N2C[C@@H]3[C@H](CNS(C)(=O)=O)CO[C@@H]3C2)c1. The summed E-state index contributed by atoms with van der Waals surface area (Å²) in [5, 5.41) is 0. The molecule has 2 aliphatic heterocycles. The van der Waals surface area contributed by atoms with E-state index < -0.39 is 10.0 Å². The molecular formula is C17H24N2O5S. The van der Waals surface area contributed by atoms with Gasteiger partial charge in [-0.05, 0) is 17.7 Å². The monoisotopic (exact) mass is 368 g/mol. The second kappa shape index (κ2) is 7.31. The average Bonchev–Trinajstić information content (AvgIpc) is 3.13. The summed E-state index contributed by atoms with van der Waals surface area (Å²) < 4.78 is 36.1. The van der Waals surface area contributed by atoms with Gasteiger partial charge in [0.05, 0.1) is 32.5 Å². The number of rotatable bonds is 6. The van der Waals surface area contributed by atoms with Crippen LogP contribution in [0.5, 0.6) is 5.75 Å². The molecule has 3 rings (SSSR count). The number of ether oxygens (including phenoxy) is 2. The molecule has 0 radical (unpaired) electrons. The van der Waals surface area contributed by atoms with Crippen molar-refractivity contribution in [1.29, 1.82) is 0 Å². The van der Waals surface area contributed by atoms with Gasteiger partial charge in [0.15, 0.2) is 0 Å². The quantitative estimate of drug-likeness (QED) is 0.779. The standard InChI is InChI=1S/C17H24N2O5S/c1-23-14-5-3-4-12(6-14)7-17(20)19-9-15-13(8-18-25(2,21)22)11-24-16(15)10-19/h3-6,13,15-16,18H,7-11H2,1-2H3/t13-,15-,16-/m1/s1. The van der Waals surface area contributed by atoms with E-state index in [0.717, 1.165) is 17.6 Å². The minimum absolute atomic E-state index is 0.000574. The molecule has 25 heavy (non-hydrogen) atoms. The van der Waals surface area contributed by atoms with Crippen LogP contribution in [-0.4, -0.2) is 64.9 Å². The number of carbonyl (C=O) groups excluding carboxylic acids is 1. The number of amides is 1. The van der Waals surface area contributed by atoms with E-state index in [-0.39, 0.29) is 23.8 Å².